The molecule has 98 valence electrons. The first kappa shape index (κ1) is 15.8. The Morgan fingerprint density at radius 2 is 1.75 bits per heavy atom. The van der Waals surface area contributed by atoms with Gasteiger partial charge in [-0.25, -0.2) is 0 Å². The van der Waals surface area contributed by atoms with Crippen LogP contribution in [0.1, 0.15) is 26.2 Å². The molecule has 0 aromatic carbocycles. The zero-order valence-electron chi connectivity index (χ0n) is 11.4. The highest BCUT2D eigenvalue weighted by Gasteiger charge is 2.21. The maximum absolute atomic E-state index is 10.0. The topological polar surface area (TPSA) is 52.7 Å². The summed E-state index contributed by atoms with van der Waals surface area (Å²) in [5.74, 6) is 0. The SMILES string of the molecule is CCC(O)(CN)CCCN(C)CCN(C)C. The van der Waals surface area contributed by atoms with Crippen molar-refractivity contribution in [3.05, 3.63) is 0 Å². The van der Waals surface area contributed by atoms with Gasteiger partial charge in [0, 0.05) is 19.6 Å². The standard InChI is InChI=1S/C12H29N3O/c1-5-12(16,11-13)7-6-8-15(4)10-9-14(2)3/h16H,5-11,13H2,1-4H3. The van der Waals surface area contributed by atoms with Crippen molar-refractivity contribution in [2.75, 3.05) is 47.3 Å². The lowest BCUT2D eigenvalue weighted by Crippen LogP contribution is -2.38. The summed E-state index contributed by atoms with van der Waals surface area (Å²) in [6.45, 7) is 5.52. The third kappa shape index (κ3) is 7.17. The number of hydrogen-bond acceptors (Lipinski definition) is 4. The fourth-order valence-corrected chi connectivity index (χ4v) is 1.58. The van der Waals surface area contributed by atoms with Gasteiger partial charge in [-0.3, -0.25) is 0 Å². The van der Waals surface area contributed by atoms with E-state index in [1.807, 2.05) is 6.92 Å². The Hall–Kier alpha value is -0.160. The molecule has 0 aliphatic heterocycles. The second-order valence-electron chi connectivity index (χ2n) is 4.99. The molecule has 0 saturated heterocycles. The normalized spacial score (nSPS) is 15.8. The van der Waals surface area contributed by atoms with E-state index in [0.29, 0.717) is 6.54 Å². The highest BCUT2D eigenvalue weighted by atomic mass is 16.3. The van der Waals surface area contributed by atoms with Crippen LogP contribution < -0.4 is 5.73 Å². The molecule has 3 N–H and O–H groups in total. The van der Waals surface area contributed by atoms with Gasteiger partial charge in [0.15, 0.2) is 0 Å². The molecular weight excluding hydrogens is 202 g/mol. The van der Waals surface area contributed by atoms with Crippen molar-refractivity contribution in [3.63, 3.8) is 0 Å². The second kappa shape index (κ2) is 8.01. The molecule has 0 aliphatic carbocycles. The fraction of sp³-hybridized carbons (Fsp3) is 1.00. The average Bonchev–Trinajstić information content (AvgIpc) is 2.26. The molecule has 0 fully saturated rings. The van der Waals surface area contributed by atoms with Crippen molar-refractivity contribution in [2.24, 2.45) is 5.73 Å². The number of rotatable bonds is 9. The molecule has 1 unspecified atom stereocenters. The van der Waals surface area contributed by atoms with Crippen molar-refractivity contribution in [1.82, 2.24) is 9.80 Å². The maximum Gasteiger partial charge on any atom is 0.0767 e. The minimum Gasteiger partial charge on any atom is -0.389 e. The summed E-state index contributed by atoms with van der Waals surface area (Å²) in [6.07, 6.45) is 2.54. The third-order valence-electron chi connectivity index (χ3n) is 3.15. The van der Waals surface area contributed by atoms with Crippen LogP contribution in [0, 0.1) is 0 Å². The average molecular weight is 231 g/mol. The molecule has 0 bridgehead atoms. The summed E-state index contributed by atoms with van der Waals surface area (Å²) in [5, 5.41) is 10.0. The van der Waals surface area contributed by atoms with Crippen molar-refractivity contribution in [2.45, 2.75) is 31.8 Å². The van der Waals surface area contributed by atoms with Gasteiger partial charge in [0.2, 0.25) is 0 Å². The van der Waals surface area contributed by atoms with E-state index >= 15 is 0 Å². The molecule has 4 nitrogen and oxygen atoms in total. The van der Waals surface area contributed by atoms with E-state index in [0.717, 1.165) is 38.9 Å². The Kier molecular flexibility index (Phi) is 7.93. The summed E-state index contributed by atoms with van der Waals surface area (Å²) < 4.78 is 0. The summed E-state index contributed by atoms with van der Waals surface area (Å²) in [4.78, 5) is 4.48. The van der Waals surface area contributed by atoms with Gasteiger partial charge in [0.1, 0.15) is 0 Å². The van der Waals surface area contributed by atoms with E-state index in [-0.39, 0.29) is 0 Å². The van der Waals surface area contributed by atoms with Crippen molar-refractivity contribution < 1.29 is 5.11 Å². The van der Waals surface area contributed by atoms with Gasteiger partial charge in [-0.15, -0.1) is 0 Å². The van der Waals surface area contributed by atoms with E-state index in [2.05, 4.69) is 30.9 Å². The second-order valence-corrected chi connectivity index (χ2v) is 4.99. The monoisotopic (exact) mass is 231 g/mol. The Morgan fingerprint density at radius 1 is 1.12 bits per heavy atom. The van der Waals surface area contributed by atoms with Crippen LogP contribution in [0.4, 0.5) is 0 Å². The first-order valence-electron chi connectivity index (χ1n) is 6.19. The first-order valence-corrected chi connectivity index (χ1v) is 6.19. The molecule has 0 aliphatic rings. The number of aliphatic hydroxyl groups is 1. The van der Waals surface area contributed by atoms with Crippen LogP contribution in [0.5, 0.6) is 0 Å². The molecule has 0 spiro atoms. The Morgan fingerprint density at radius 3 is 2.19 bits per heavy atom. The van der Waals surface area contributed by atoms with Crippen LogP contribution in [0.3, 0.4) is 0 Å². The van der Waals surface area contributed by atoms with Crippen LogP contribution in [0.2, 0.25) is 0 Å². The third-order valence-corrected chi connectivity index (χ3v) is 3.15. The molecule has 0 rings (SSSR count). The number of hydrogen-bond donors (Lipinski definition) is 2. The van der Waals surface area contributed by atoms with Crippen molar-refractivity contribution >= 4 is 0 Å². The minimum atomic E-state index is -0.650. The Labute approximate surface area is 100 Å². The molecule has 16 heavy (non-hydrogen) atoms. The molecule has 0 aromatic rings. The molecule has 0 radical (unpaired) electrons. The van der Waals surface area contributed by atoms with Gasteiger partial charge < -0.3 is 20.6 Å². The van der Waals surface area contributed by atoms with Gasteiger partial charge >= 0.3 is 0 Å². The van der Waals surface area contributed by atoms with Crippen molar-refractivity contribution in [3.8, 4) is 0 Å². The molecule has 0 saturated carbocycles. The maximum atomic E-state index is 10.0. The van der Waals surface area contributed by atoms with E-state index in [1.165, 1.54) is 0 Å². The van der Waals surface area contributed by atoms with Crippen LogP contribution >= 0.6 is 0 Å². The zero-order valence-corrected chi connectivity index (χ0v) is 11.4. The van der Waals surface area contributed by atoms with Crippen molar-refractivity contribution in [1.29, 1.82) is 0 Å². The quantitative estimate of drug-likeness (QED) is 0.601. The zero-order chi connectivity index (χ0) is 12.6. The summed E-state index contributed by atoms with van der Waals surface area (Å²) >= 11 is 0. The molecule has 0 heterocycles. The molecule has 1 atom stereocenters. The first-order chi connectivity index (χ1) is 7.43. The predicted octanol–water partition coefficient (Wildman–Crippen LogP) is 0.360. The fourth-order valence-electron chi connectivity index (χ4n) is 1.58. The Bertz CT molecular complexity index is 170. The van der Waals surface area contributed by atoms with E-state index in [1.54, 1.807) is 0 Å². The van der Waals surface area contributed by atoms with Crippen LogP contribution in [0.15, 0.2) is 0 Å². The Balaban J connectivity index is 3.64. The highest BCUT2D eigenvalue weighted by Crippen LogP contribution is 2.15. The van der Waals surface area contributed by atoms with Crippen LogP contribution in [-0.2, 0) is 0 Å². The number of nitrogens with two attached hydrogens (primary N) is 1. The number of nitrogens with zero attached hydrogens (tertiary/aromatic N) is 2. The lowest BCUT2D eigenvalue weighted by molar-refractivity contribution is 0.0322. The smallest absolute Gasteiger partial charge is 0.0767 e. The van der Waals surface area contributed by atoms with Gasteiger partial charge in [-0.1, -0.05) is 6.92 Å². The lowest BCUT2D eigenvalue weighted by Gasteiger charge is -2.26. The van der Waals surface area contributed by atoms with E-state index in [4.69, 9.17) is 5.73 Å². The number of likely N-dealkylation sites (N-methyl/N-ethyl adjacent to an activating group) is 2. The van der Waals surface area contributed by atoms with Gasteiger partial charge in [0.25, 0.3) is 0 Å². The van der Waals surface area contributed by atoms with Gasteiger partial charge in [-0.05, 0) is 47.0 Å². The predicted molar refractivity (Wildman–Crippen MR) is 69.6 cm³/mol. The summed E-state index contributed by atoms with van der Waals surface area (Å²) in [6, 6.07) is 0. The molecular formula is C12H29N3O. The van der Waals surface area contributed by atoms with Crippen LogP contribution in [-0.4, -0.2) is 67.8 Å². The van der Waals surface area contributed by atoms with Gasteiger partial charge in [-0.2, -0.15) is 0 Å². The molecule has 0 aromatic heterocycles. The molecule has 0 amide bonds. The van der Waals surface area contributed by atoms with Gasteiger partial charge in [0.05, 0.1) is 5.60 Å². The largest absolute Gasteiger partial charge is 0.389 e. The van der Waals surface area contributed by atoms with E-state index < -0.39 is 5.60 Å². The lowest BCUT2D eigenvalue weighted by atomic mass is 9.95. The van der Waals surface area contributed by atoms with Crippen LogP contribution in [0.25, 0.3) is 0 Å². The minimum absolute atomic E-state index is 0.366. The molecule has 4 heteroatoms. The van der Waals surface area contributed by atoms with E-state index in [9.17, 15) is 5.11 Å². The highest BCUT2D eigenvalue weighted by molar-refractivity contribution is 4.77. The summed E-state index contributed by atoms with van der Waals surface area (Å²) in [5.41, 5.74) is 4.91. The summed E-state index contributed by atoms with van der Waals surface area (Å²) in [7, 11) is 6.28.